The minimum Gasteiger partial charge on any atom is -0.379 e. The molecule has 0 bridgehead atoms. The summed E-state index contributed by atoms with van der Waals surface area (Å²) in [5.41, 5.74) is 0. The molecular weight excluding hydrogens is 386 g/mol. The van der Waals surface area contributed by atoms with E-state index in [2.05, 4.69) is 27.0 Å². The summed E-state index contributed by atoms with van der Waals surface area (Å²) in [7, 11) is 3.53. The lowest BCUT2D eigenvalue weighted by molar-refractivity contribution is -0.189. The number of amides is 1. The number of aliphatic imine (C=N–C) groups is 1. The first-order valence-corrected chi connectivity index (χ1v) is 11.3. The molecule has 3 aliphatic rings. The van der Waals surface area contributed by atoms with Crippen LogP contribution in [-0.4, -0.2) is 119 Å². The third-order valence-electron chi connectivity index (χ3n) is 6.22. The molecule has 3 saturated heterocycles. The van der Waals surface area contributed by atoms with Crippen LogP contribution in [0.25, 0.3) is 0 Å². The topological polar surface area (TPSA) is 78.9 Å². The van der Waals surface area contributed by atoms with Crippen LogP contribution >= 0.6 is 0 Å². The number of nitrogens with zero attached hydrogens (tertiary/aromatic N) is 4. The number of likely N-dealkylation sites (N-methyl/N-ethyl adjacent to an activating group) is 1. The highest BCUT2D eigenvalue weighted by atomic mass is 16.7. The first-order valence-electron chi connectivity index (χ1n) is 11.3. The minimum absolute atomic E-state index is 0.00518. The third-order valence-corrected chi connectivity index (χ3v) is 6.22. The number of piperidine rings is 1. The fraction of sp³-hybridized carbons (Fsp3) is 0.905. The number of carbonyl (C=O) groups excluding carboxylic acids is 1. The Balaban J connectivity index is 1.56. The Kier molecular flexibility index (Phi) is 8.73. The summed E-state index contributed by atoms with van der Waals surface area (Å²) in [4.78, 5) is 23.1. The van der Waals surface area contributed by atoms with Gasteiger partial charge >= 0.3 is 0 Å². The Labute approximate surface area is 180 Å². The van der Waals surface area contributed by atoms with Crippen molar-refractivity contribution in [2.75, 3.05) is 86.3 Å². The Hall–Kier alpha value is -1.42. The lowest BCUT2D eigenvalue weighted by Crippen LogP contribution is -2.52. The predicted octanol–water partition coefficient (Wildman–Crippen LogP) is 0.218. The van der Waals surface area contributed by atoms with Gasteiger partial charge in [-0.1, -0.05) is 0 Å². The Morgan fingerprint density at radius 1 is 1.17 bits per heavy atom. The zero-order valence-corrected chi connectivity index (χ0v) is 18.9. The van der Waals surface area contributed by atoms with Gasteiger partial charge < -0.3 is 29.3 Å². The van der Waals surface area contributed by atoms with E-state index >= 15 is 0 Å². The van der Waals surface area contributed by atoms with E-state index in [0.717, 1.165) is 77.7 Å². The summed E-state index contributed by atoms with van der Waals surface area (Å²) < 4.78 is 17.3. The molecule has 1 unspecified atom stereocenters. The number of morpholine rings is 1. The van der Waals surface area contributed by atoms with Gasteiger partial charge in [-0.15, -0.1) is 0 Å². The molecule has 0 aromatic heterocycles. The van der Waals surface area contributed by atoms with E-state index in [-0.39, 0.29) is 12.5 Å². The minimum atomic E-state index is -0.514. The molecule has 3 fully saturated rings. The molecule has 1 N–H and O–H groups in total. The predicted molar refractivity (Wildman–Crippen MR) is 115 cm³/mol. The molecule has 3 aliphatic heterocycles. The second-order valence-corrected chi connectivity index (χ2v) is 8.66. The number of hydrogen-bond donors (Lipinski definition) is 1. The second kappa shape index (κ2) is 11.3. The number of likely N-dealkylation sites (tertiary alicyclic amines) is 1. The lowest BCUT2D eigenvalue weighted by Gasteiger charge is -2.41. The van der Waals surface area contributed by atoms with Gasteiger partial charge in [-0.2, -0.15) is 0 Å². The van der Waals surface area contributed by atoms with Gasteiger partial charge in [0.05, 0.1) is 26.4 Å². The maximum atomic E-state index is 12.1. The van der Waals surface area contributed by atoms with E-state index in [0.29, 0.717) is 19.1 Å². The van der Waals surface area contributed by atoms with Crippen molar-refractivity contribution in [3.05, 3.63) is 0 Å². The van der Waals surface area contributed by atoms with Crippen LogP contribution in [0.2, 0.25) is 0 Å². The molecule has 30 heavy (non-hydrogen) atoms. The van der Waals surface area contributed by atoms with Crippen molar-refractivity contribution in [2.45, 2.75) is 32.0 Å². The fourth-order valence-electron chi connectivity index (χ4n) is 4.24. The number of carbonyl (C=O) groups is 1. The van der Waals surface area contributed by atoms with Crippen LogP contribution in [0.15, 0.2) is 4.99 Å². The standard InChI is InChI=1S/C21H39N5O4/c1-21(29-14-15-30-21)18-6-4-9-26(17-18)20(23-16-19(27)24(2)3)22-7-5-8-25-10-12-28-13-11-25/h18H,4-17H2,1-3H3,(H,22,23). The van der Waals surface area contributed by atoms with Crippen LogP contribution in [0.3, 0.4) is 0 Å². The molecule has 0 spiro atoms. The number of nitrogens with one attached hydrogen (secondary N) is 1. The highest BCUT2D eigenvalue weighted by Gasteiger charge is 2.42. The van der Waals surface area contributed by atoms with Gasteiger partial charge in [-0.25, -0.2) is 4.99 Å². The quantitative estimate of drug-likeness (QED) is 0.355. The highest BCUT2D eigenvalue weighted by Crippen LogP contribution is 2.34. The van der Waals surface area contributed by atoms with Crippen molar-refractivity contribution in [2.24, 2.45) is 10.9 Å². The molecule has 0 aliphatic carbocycles. The summed E-state index contributed by atoms with van der Waals surface area (Å²) in [5.74, 6) is 0.599. The fourth-order valence-corrected chi connectivity index (χ4v) is 4.24. The Morgan fingerprint density at radius 2 is 1.90 bits per heavy atom. The van der Waals surface area contributed by atoms with E-state index in [1.807, 2.05) is 0 Å². The van der Waals surface area contributed by atoms with Crippen molar-refractivity contribution < 1.29 is 19.0 Å². The molecule has 9 nitrogen and oxygen atoms in total. The Morgan fingerprint density at radius 3 is 2.60 bits per heavy atom. The van der Waals surface area contributed by atoms with Gasteiger partial charge in [0, 0.05) is 52.7 Å². The first-order chi connectivity index (χ1) is 14.5. The van der Waals surface area contributed by atoms with Crippen LogP contribution in [0, 0.1) is 5.92 Å². The summed E-state index contributed by atoms with van der Waals surface area (Å²) in [6.45, 7) is 10.8. The summed E-state index contributed by atoms with van der Waals surface area (Å²) >= 11 is 0. The number of hydrogen-bond acceptors (Lipinski definition) is 6. The Bertz CT molecular complexity index is 574. The molecule has 1 amide bonds. The van der Waals surface area contributed by atoms with Gasteiger partial charge in [-0.05, 0) is 32.7 Å². The summed E-state index contributed by atoms with van der Waals surface area (Å²) in [5, 5.41) is 3.51. The SMILES string of the molecule is CN(C)C(=O)CN=C(NCCCN1CCOCC1)N1CCCC(C2(C)OCCO2)C1. The molecule has 172 valence electrons. The van der Waals surface area contributed by atoms with Crippen LogP contribution in [0.1, 0.15) is 26.2 Å². The van der Waals surface area contributed by atoms with Crippen molar-refractivity contribution in [1.82, 2.24) is 20.0 Å². The van der Waals surface area contributed by atoms with E-state index in [1.54, 1.807) is 19.0 Å². The van der Waals surface area contributed by atoms with Crippen molar-refractivity contribution >= 4 is 11.9 Å². The van der Waals surface area contributed by atoms with Gasteiger partial charge in [0.2, 0.25) is 5.91 Å². The monoisotopic (exact) mass is 425 g/mol. The van der Waals surface area contributed by atoms with Crippen LogP contribution in [-0.2, 0) is 19.0 Å². The molecule has 3 heterocycles. The van der Waals surface area contributed by atoms with E-state index in [4.69, 9.17) is 14.2 Å². The van der Waals surface area contributed by atoms with E-state index in [1.165, 1.54) is 0 Å². The van der Waals surface area contributed by atoms with Crippen LogP contribution in [0.4, 0.5) is 0 Å². The summed E-state index contributed by atoms with van der Waals surface area (Å²) in [6, 6.07) is 0. The molecule has 0 radical (unpaired) electrons. The maximum Gasteiger partial charge on any atom is 0.243 e. The maximum absolute atomic E-state index is 12.1. The van der Waals surface area contributed by atoms with Gasteiger partial charge in [0.1, 0.15) is 6.54 Å². The highest BCUT2D eigenvalue weighted by molar-refractivity contribution is 5.84. The molecule has 0 aromatic rings. The molecule has 1 atom stereocenters. The normalized spacial score (nSPS) is 25.4. The molecule has 3 rings (SSSR count). The van der Waals surface area contributed by atoms with Crippen molar-refractivity contribution in [1.29, 1.82) is 0 Å². The van der Waals surface area contributed by atoms with Crippen molar-refractivity contribution in [3.63, 3.8) is 0 Å². The average Bonchev–Trinajstić information content (AvgIpc) is 3.21. The zero-order chi connectivity index (χ0) is 21.4. The number of ether oxygens (including phenoxy) is 3. The smallest absolute Gasteiger partial charge is 0.243 e. The van der Waals surface area contributed by atoms with Crippen LogP contribution < -0.4 is 5.32 Å². The van der Waals surface area contributed by atoms with Gasteiger partial charge in [0.15, 0.2) is 11.7 Å². The van der Waals surface area contributed by atoms with Gasteiger partial charge in [-0.3, -0.25) is 9.69 Å². The van der Waals surface area contributed by atoms with Gasteiger partial charge in [0.25, 0.3) is 0 Å². The first kappa shape index (κ1) is 23.2. The summed E-state index contributed by atoms with van der Waals surface area (Å²) in [6.07, 6.45) is 3.17. The van der Waals surface area contributed by atoms with E-state index in [9.17, 15) is 4.79 Å². The molecule has 9 heteroatoms. The van der Waals surface area contributed by atoms with E-state index < -0.39 is 5.79 Å². The molecule has 0 aromatic carbocycles. The number of rotatable bonds is 7. The third kappa shape index (κ3) is 6.54. The average molecular weight is 426 g/mol. The second-order valence-electron chi connectivity index (χ2n) is 8.66. The zero-order valence-electron chi connectivity index (χ0n) is 18.9. The lowest BCUT2D eigenvalue weighted by atomic mass is 9.90. The molecular formula is C21H39N5O4. The largest absolute Gasteiger partial charge is 0.379 e. The van der Waals surface area contributed by atoms with Crippen LogP contribution in [0.5, 0.6) is 0 Å². The van der Waals surface area contributed by atoms with Crippen molar-refractivity contribution in [3.8, 4) is 0 Å². The molecule has 0 saturated carbocycles. The number of guanidine groups is 1.